The molecule has 18 heavy (non-hydrogen) atoms. The predicted molar refractivity (Wildman–Crippen MR) is 79.8 cm³/mol. The van der Waals surface area contributed by atoms with Crippen LogP contribution in [-0.2, 0) is 0 Å². The molecule has 0 saturated heterocycles. The second-order valence-electron chi connectivity index (χ2n) is 3.96. The molecule has 0 radical (unpaired) electrons. The lowest BCUT2D eigenvalue weighted by Gasteiger charge is -2.03. The first-order valence-corrected chi connectivity index (χ1v) is 6.13. The second-order valence-corrected chi connectivity index (χ2v) is 4.40. The molecule has 2 aromatic carbocycles. The zero-order valence-electron chi connectivity index (χ0n) is 9.94. The van der Waals surface area contributed by atoms with Gasteiger partial charge in [-0.25, -0.2) is 0 Å². The Morgan fingerprint density at radius 1 is 1.11 bits per heavy atom. The third-order valence-corrected chi connectivity index (χ3v) is 2.74. The number of hydrogen-bond donors (Lipinski definition) is 2. The zero-order valence-corrected chi connectivity index (χ0v) is 10.7. The van der Waals surface area contributed by atoms with E-state index < -0.39 is 0 Å². The molecule has 0 aliphatic rings. The van der Waals surface area contributed by atoms with Crippen LogP contribution < -0.4 is 11.1 Å². The molecule has 2 nitrogen and oxygen atoms in total. The van der Waals surface area contributed by atoms with Crippen LogP contribution in [0.25, 0.3) is 6.08 Å². The second kappa shape index (κ2) is 6.12. The highest BCUT2D eigenvalue weighted by Gasteiger charge is 1.90. The standard InChI is InChI=1S/C15H15ClN2/c16-13-8-6-12(7-9-13)3-2-10-18-15-5-1-4-14(17)11-15/h1-9,11,18H,10,17H2/b3-2+. The lowest BCUT2D eigenvalue weighted by atomic mass is 10.2. The first-order valence-electron chi connectivity index (χ1n) is 5.75. The number of hydrogen-bond acceptors (Lipinski definition) is 2. The monoisotopic (exact) mass is 258 g/mol. The molecule has 3 N–H and O–H groups in total. The molecule has 0 amide bonds. The van der Waals surface area contributed by atoms with Crippen molar-refractivity contribution >= 4 is 29.1 Å². The van der Waals surface area contributed by atoms with E-state index in [1.165, 1.54) is 0 Å². The first kappa shape index (κ1) is 12.5. The Morgan fingerprint density at radius 3 is 2.61 bits per heavy atom. The van der Waals surface area contributed by atoms with Crippen LogP contribution in [-0.4, -0.2) is 6.54 Å². The number of rotatable bonds is 4. The van der Waals surface area contributed by atoms with Gasteiger partial charge in [0.25, 0.3) is 0 Å². The summed E-state index contributed by atoms with van der Waals surface area (Å²) < 4.78 is 0. The maximum Gasteiger partial charge on any atom is 0.0406 e. The van der Waals surface area contributed by atoms with Gasteiger partial charge in [-0.05, 0) is 35.9 Å². The predicted octanol–water partition coefficient (Wildman–Crippen LogP) is 4.05. The lowest BCUT2D eigenvalue weighted by molar-refractivity contribution is 1.34. The van der Waals surface area contributed by atoms with Gasteiger partial charge in [-0.1, -0.05) is 42.0 Å². The van der Waals surface area contributed by atoms with Crippen molar-refractivity contribution in [1.29, 1.82) is 0 Å². The van der Waals surface area contributed by atoms with E-state index in [0.717, 1.165) is 28.5 Å². The van der Waals surface area contributed by atoms with Crippen molar-refractivity contribution in [3.05, 3.63) is 65.2 Å². The van der Waals surface area contributed by atoms with E-state index in [1.54, 1.807) is 0 Å². The van der Waals surface area contributed by atoms with Gasteiger partial charge in [0.05, 0.1) is 0 Å². The van der Waals surface area contributed by atoms with Gasteiger partial charge in [-0.3, -0.25) is 0 Å². The van der Waals surface area contributed by atoms with Gasteiger partial charge in [0, 0.05) is 22.9 Å². The molecule has 0 aliphatic carbocycles. The molecule has 0 aliphatic heterocycles. The molecule has 0 spiro atoms. The van der Waals surface area contributed by atoms with Crippen molar-refractivity contribution in [3.8, 4) is 0 Å². The summed E-state index contributed by atoms with van der Waals surface area (Å²) in [7, 11) is 0. The maximum atomic E-state index is 5.82. The molecule has 2 rings (SSSR count). The molecule has 0 atom stereocenters. The van der Waals surface area contributed by atoms with Crippen molar-refractivity contribution in [1.82, 2.24) is 0 Å². The molecule has 0 fully saturated rings. The normalized spacial score (nSPS) is 10.7. The largest absolute Gasteiger partial charge is 0.399 e. The summed E-state index contributed by atoms with van der Waals surface area (Å²) in [6.45, 7) is 0.756. The molecule has 92 valence electrons. The summed E-state index contributed by atoms with van der Waals surface area (Å²) in [6.07, 6.45) is 4.11. The minimum atomic E-state index is 0.755. The fourth-order valence-electron chi connectivity index (χ4n) is 1.59. The third-order valence-electron chi connectivity index (χ3n) is 2.49. The minimum Gasteiger partial charge on any atom is -0.399 e. The Kier molecular flexibility index (Phi) is 4.26. The SMILES string of the molecule is Nc1cccc(NC/C=C/c2ccc(Cl)cc2)c1. The fraction of sp³-hybridized carbons (Fsp3) is 0.0667. The quantitative estimate of drug-likeness (QED) is 0.812. The van der Waals surface area contributed by atoms with Gasteiger partial charge >= 0.3 is 0 Å². The number of nitrogens with two attached hydrogens (primary N) is 1. The van der Waals surface area contributed by atoms with E-state index in [2.05, 4.69) is 17.5 Å². The molecule has 0 unspecified atom stereocenters. The van der Waals surface area contributed by atoms with Crippen molar-refractivity contribution in [2.24, 2.45) is 0 Å². The summed E-state index contributed by atoms with van der Waals surface area (Å²) in [6, 6.07) is 15.4. The van der Waals surface area contributed by atoms with Crippen molar-refractivity contribution < 1.29 is 0 Å². The Bertz CT molecular complexity index is 532. The average Bonchev–Trinajstić information content (AvgIpc) is 2.37. The zero-order chi connectivity index (χ0) is 12.8. The molecular weight excluding hydrogens is 244 g/mol. The van der Waals surface area contributed by atoms with Gasteiger partial charge in [0.1, 0.15) is 0 Å². The molecule has 0 saturated carbocycles. The summed E-state index contributed by atoms with van der Waals surface area (Å²) in [5.41, 5.74) is 8.62. The molecule has 0 aromatic heterocycles. The smallest absolute Gasteiger partial charge is 0.0406 e. The van der Waals surface area contributed by atoms with Gasteiger partial charge in [0.2, 0.25) is 0 Å². The van der Waals surface area contributed by atoms with Crippen LogP contribution in [0.5, 0.6) is 0 Å². The van der Waals surface area contributed by atoms with Crippen molar-refractivity contribution in [2.45, 2.75) is 0 Å². The molecule has 0 bridgehead atoms. The van der Waals surface area contributed by atoms with Crippen molar-refractivity contribution in [2.75, 3.05) is 17.6 Å². The molecule has 3 heteroatoms. The van der Waals surface area contributed by atoms with Crippen LogP contribution in [0.4, 0.5) is 11.4 Å². The minimum absolute atomic E-state index is 0.755. The van der Waals surface area contributed by atoms with Crippen LogP contribution in [0.15, 0.2) is 54.6 Å². The van der Waals surface area contributed by atoms with Crippen LogP contribution in [0.3, 0.4) is 0 Å². The molecule has 0 heterocycles. The highest BCUT2D eigenvalue weighted by molar-refractivity contribution is 6.30. The van der Waals surface area contributed by atoms with E-state index in [-0.39, 0.29) is 0 Å². The molecular formula is C15H15ClN2. The topological polar surface area (TPSA) is 38.0 Å². The number of benzene rings is 2. The Morgan fingerprint density at radius 2 is 1.89 bits per heavy atom. The average molecular weight is 259 g/mol. The van der Waals surface area contributed by atoms with E-state index in [9.17, 15) is 0 Å². The number of nitrogen functional groups attached to an aromatic ring is 1. The fourth-order valence-corrected chi connectivity index (χ4v) is 1.72. The highest BCUT2D eigenvalue weighted by atomic mass is 35.5. The lowest BCUT2D eigenvalue weighted by Crippen LogP contribution is -1.98. The Hall–Kier alpha value is -1.93. The van der Waals surface area contributed by atoms with Crippen LogP contribution in [0.1, 0.15) is 5.56 Å². The van der Waals surface area contributed by atoms with E-state index in [1.807, 2.05) is 48.5 Å². The van der Waals surface area contributed by atoms with Crippen LogP contribution in [0, 0.1) is 0 Å². The summed E-state index contributed by atoms with van der Waals surface area (Å²) >= 11 is 5.82. The van der Waals surface area contributed by atoms with E-state index in [4.69, 9.17) is 17.3 Å². The third kappa shape index (κ3) is 3.82. The maximum absolute atomic E-state index is 5.82. The van der Waals surface area contributed by atoms with Gasteiger partial charge < -0.3 is 11.1 Å². The Labute approximate surface area is 112 Å². The van der Waals surface area contributed by atoms with Crippen molar-refractivity contribution in [3.63, 3.8) is 0 Å². The summed E-state index contributed by atoms with van der Waals surface area (Å²) in [5, 5.41) is 4.03. The molecule has 2 aromatic rings. The van der Waals surface area contributed by atoms with Gasteiger partial charge in [-0.2, -0.15) is 0 Å². The number of nitrogens with one attached hydrogen (secondary N) is 1. The van der Waals surface area contributed by atoms with Gasteiger partial charge in [0.15, 0.2) is 0 Å². The first-order chi connectivity index (χ1) is 8.74. The highest BCUT2D eigenvalue weighted by Crippen LogP contribution is 2.12. The number of halogens is 1. The van der Waals surface area contributed by atoms with E-state index in [0.29, 0.717) is 0 Å². The Balaban J connectivity index is 1.87. The number of anilines is 2. The van der Waals surface area contributed by atoms with Crippen LogP contribution in [0.2, 0.25) is 5.02 Å². The van der Waals surface area contributed by atoms with Crippen LogP contribution >= 0.6 is 11.6 Å². The summed E-state index contributed by atoms with van der Waals surface area (Å²) in [5.74, 6) is 0. The summed E-state index contributed by atoms with van der Waals surface area (Å²) in [4.78, 5) is 0. The van der Waals surface area contributed by atoms with E-state index >= 15 is 0 Å². The van der Waals surface area contributed by atoms with Gasteiger partial charge in [-0.15, -0.1) is 0 Å².